The molecule has 1 aromatic heterocycles. The molecule has 0 saturated carbocycles. The molecule has 3 nitrogen and oxygen atoms in total. The lowest BCUT2D eigenvalue weighted by Gasteiger charge is -2.22. The van der Waals surface area contributed by atoms with E-state index in [4.69, 9.17) is 0 Å². The minimum absolute atomic E-state index is 0.906. The molecule has 2 aromatic carbocycles. The average molecular weight is 344 g/mol. The predicted molar refractivity (Wildman–Crippen MR) is 92.8 cm³/mol. The number of imidazole rings is 1. The second-order valence-corrected chi connectivity index (χ2v) is 5.80. The number of aromatic amines is 1. The van der Waals surface area contributed by atoms with Gasteiger partial charge in [0.05, 0.1) is 16.7 Å². The molecule has 4 heteroatoms. The molecule has 108 valence electrons. The molecule has 0 bridgehead atoms. The van der Waals surface area contributed by atoms with E-state index in [0.717, 1.165) is 40.0 Å². The van der Waals surface area contributed by atoms with Crippen molar-refractivity contribution in [3.05, 3.63) is 46.9 Å². The fraction of sp³-hybridized carbons (Fsp3) is 0.235. The van der Waals surface area contributed by atoms with E-state index in [1.165, 1.54) is 5.69 Å². The van der Waals surface area contributed by atoms with Gasteiger partial charge >= 0.3 is 0 Å². The van der Waals surface area contributed by atoms with Crippen molar-refractivity contribution in [1.29, 1.82) is 0 Å². The van der Waals surface area contributed by atoms with Crippen LogP contribution in [-0.2, 0) is 0 Å². The number of hydrogen-bond donors (Lipinski definition) is 1. The van der Waals surface area contributed by atoms with Crippen LogP contribution < -0.4 is 4.90 Å². The van der Waals surface area contributed by atoms with Crippen molar-refractivity contribution < 1.29 is 0 Å². The molecule has 0 unspecified atom stereocenters. The lowest BCUT2D eigenvalue weighted by atomic mass is 10.2. The molecule has 0 aliphatic rings. The zero-order valence-corrected chi connectivity index (χ0v) is 13.8. The standard InChI is InChI=1S/C17H18BrN3/c1-3-21(4-2)16-10-9-12(11-13(16)18)17-19-14-7-5-6-8-15(14)20-17/h5-11H,3-4H2,1-2H3,(H,19,20). The Morgan fingerprint density at radius 1 is 1.10 bits per heavy atom. The summed E-state index contributed by atoms with van der Waals surface area (Å²) in [5.74, 6) is 0.906. The van der Waals surface area contributed by atoms with Gasteiger partial charge in [-0.1, -0.05) is 12.1 Å². The number of nitrogens with one attached hydrogen (secondary N) is 1. The Labute approximate surface area is 133 Å². The van der Waals surface area contributed by atoms with Crippen molar-refractivity contribution in [2.24, 2.45) is 0 Å². The van der Waals surface area contributed by atoms with E-state index >= 15 is 0 Å². The largest absolute Gasteiger partial charge is 0.371 e. The van der Waals surface area contributed by atoms with E-state index in [1.54, 1.807) is 0 Å². The van der Waals surface area contributed by atoms with Crippen molar-refractivity contribution in [1.82, 2.24) is 9.97 Å². The van der Waals surface area contributed by atoms with Gasteiger partial charge in [-0.15, -0.1) is 0 Å². The summed E-state index contributed by atoms with van der Waals surface area (Å²) in [6.45, 7) is 6.34. The molecule has 0 spiro atoms. The molecule has 0 aliphatic heterocycles. The topological polar surface area (TPSA) is 31.9 Å². The number of nitrogens with zero attached hydrogens (tertiary/aromatic N) is 2. The predicted octanol–water partition coefficient (Wildman–Crippen LogP) is 4.84. The van der Waals surface area contributed by atoms with Crippen LogP contribution in [-0.4, -0.2) is 23.1 Å². The van der Waals surface area contributed by atoms with Crippen LogP contribution in [0, 0.1) is 0 Å². The molecule has 0 atom stereocenters. The number of para-hydroxylation sites is 2. The zero-order chi connectivity index (χ0) is 14.8. The second kappa shape index (κ2) is 5.90. The molecular formula is C17H18BrN3. The molecule has 1 heterocycles. The molecule has 21 heavy (non-hydrogen) atoms. The van der Waals surface area contributed by atoms with Crippen molar-refractivity contribution >= 4 is 32.7 Å². The Bertz CT molecular complexity index is 727. The molecular weight excluding hydrogens is 326 g/mol. The van der Waals surface area contributed by atoms with Crippen molar-refractivity contribution in [2.75, 3.05) is 18.0 Å². The summed E-state index contributed by atoms with van der Waals surface area (Å²) in [4.78, 5) is 10.3. The first-order valence-corrected chi connectivity index (χ1v) is 8.01. The number of hydrogen-bond acceptors (Lipinski definition) is 2. The number of aromatic nitrogens is 2. The van der Waals surface area contributed by atoms with Gasteiger partial charge in [-0.3, -0.25) is 0 Å². The smallest absolute Gasteiger partial charge is 0.138 e. The molecule has 1 N–H and O–H groups in total. The quantitative estimate of drug-likeness (QED) is 0.734. The third-order valence-corrected chi connectivity index (χ3v) is 4.35. The van der Waals surface area contributed by atoms with Gasteiger partial charge in [0, 0.05) is 23.1 Å². The monoisotopic (exact) mass is 343 g/mol. The molecule has 0 aliphatic carbocycles. The van der Waals surface area contributed by atoms with Crippen LogP contribution in [0.15, 0.2) is 46.9 Å². The van der Waals surface area contributed by atoms with E-state index in [0.29, 0.717) is 0 Å². The minimum Gasteiger partial charge on any atom is -0.371 e. The molecule has 3 aromatic rings. The minimum atomic E-state index is 0.906. The van der Waals surface area contributed by atoms with Gasteiger partial charge in [0.1, 0.15) is 5.82 Å². The highest BCUT2D eigenvalue weighted by Crippen LogP contribution is 2.31. The molecule has 3 rings (SSSR count). The van der Waals surface area contributed by atoms with Crippen molar-refractivity contribution in [3.8, 4) is 11.4 Å². The number of anilines is 1. The average Bonchev–Trinajstić information content (AvgIpc) is 2.94. The number of rotatable bonds is 4. The summed E-state index contributed by atoms with van der Waals surface area (Å²) in [5.41, 5.74) is 4.38. The second-order valence-electron chi connectivity index (χ2n) is 4.94. The van der Waals surface area contributed by atoms with Crippen LogP contribution in [0.3, 0.4) is 0 Å². The van der Waals surface area contributed by atoms with Gasteiger partial charge in [0.25, 0.3) is 0 Å². The highest BCUT2D eigenvalue weighted by Gasteiger charge is 2.10. The summed E-state index contributed by atoms with van der Waals surface area (Å²) >= 11 is 3.69. The number of fused-ring (bicyclic) bond motifs is 1. The maximum absolute atomic E-state index is 4.65. The molecule has 0 radical (unpaired) electrons. The Morgan fingerprint density at radius 2 is 1.86 bits per heavy atom. The Kier molecular flexibility index (Phi) is 3.97. The van der Waals surface area contributed by atoms with Crippen LogP contribution in [0.25, 0.3) is 22.4 Å². The zero-order valence-electron chi connectivity index (χ0n) is 12.2. The van der Waals surface area contributed by atoms with Crippen molar-refractivity contribution in [3.63, 3.8) is 0 Å². The number of halogens is 1. The first-order chi connectivity index (χ1) is 10.2. The number of benzene rings is 2. The van der Waals surface area contributed by atoms with Crippen molar-refractivity contribution in [2.45, 2.75) is 13.8 Å². The van der Waals surface area contributed by atoms with Gasteiger partial charge in [0.2, 0.25) is 0 Å². The van der Waals surface area contributed by atoms with Crippen LogP contribution in [0.4, 0.5) is 5.69 Å². The van der Waals surface area contributed by atoms with E-state index in [2.05, 4.69) is 62.8 Å². The fourth-order valence-corrected chi connectivity index (χ4v) is 3.19. The Balaban J connectivity index is 2.01. The van der Waals surface area contributed by atoms with E-state index < -0.39 is 0 Å². The normalized spacial score (nSPS) is 11.0. The highest BCUT2D eigenvalue weighted by molar-refractivity contribution is 9.10. The first kappa shape index (κ1) is 14.1. The van der Waals surface area contributed by atoms with E-state index in [9.17, 15) is 0 Å². The Hall–Kier alpha value is -1.81. The lowest BCUT2D eigenvalue weighted by Crippen LogP contribution is -2.22. The molecule has 0 saturated heterocycles. The molecule has 0 amide bonds. The van der Waals surface area contributed by atoms with Gasteiger partial charge < -0.3 is 9.88 Å². The van der Waals surface area contributed by atoms with Gasteiger partial charge in [-0.25, -0.2) is 4.98 Å². The summed E-state index contributed by atoms with van der Waals surface area (Å²) in [6.07, 6.45) is 0. The third kappa shape index (κ3) is 2.68. The lowest BCUT2D eigenvalue weighted by molar-refractivity contribution is 0.864. The van der Waals surface area contributed by atoms with E-state index in [-0.39, 0.29) is 0 Å². The first-order valence-electron chi connectivity index (χ1n) is 7.22. The van der Waals surface area contributed by atoms with Crippen LogP contribution in [0.1, 0.15) is 13.8 Å². The van der Waals surface area contributed by atoms with Gasteiger partial charge in [-0.05, 0) is 60.1 Å². The fourth-order valence-electron chi connectivity index (χ4n) is 2.56. The van der Waals surface area contributed by atoms with Crippen LogP contribution in [0.5, 0.6) is 0 Å². The maximum Gasteiger partial charge on any atom is 0.138 e. The van der Waals surface area contributed by atoms with E-state index in [1.807, 2.05) is 24.3 Å². The SMILES string of the molecule is CCN(CC)c1ccc(-c2nc3ccccc3[nH]2)cc1Br. The summed E-state index contributed by atoms with van der Waals surface area (Å²) in [5, 5.41) is 0. The molecule has 0 fully saturated rings. The Morgan fingerprint density at radius 3 is 2.52 bits per heavy atom. The highest BCUT2D eigenvalue weighted by atomic mass is 79.9. The van der Waals surface area contributed by atoms with Gasteiger partial charge in [-0.2, -0.15) is 0 Å². The number of H-pyrrole nitrogens is 1. The summed E-state index contributed by atoms with van der Waals surface area (Å²) in [6, 6.07) is 14.5. The summed E-state index contributed by atoms with van der Waals surface area (Å²) < 4.78 is 1.10. The summed E-state index contributed by atoms with van der Waals surface area (Å²) in [7, 11) is 0. The third-order valence-electron chi connectivity index (χ3n) is 3.71. The van der Waals surface area contributed by atoms with Gasteiger partial charge in [0.15, 0.2) is 0 Å². The van der Waals surface area contributed by atoms with Crippen LogP contribution in [0.2, 0.25) is 0 Å². The van der Waals surface area contributed by atoms with Crippen LogP contribution >= 0.6 is 15.9 Å². The maximum atomic E-state index is 4.65.